The zero-order chi connectivity index (χ0) is 29.3. The van der Waals surface area contributed by atoms with Gasteiger partial charge in [0.1, 0.15) is 24.0 Å². The first-order valence-electron chi connectivity index (χ1n) is 13.5. The van der Waals surface area contributed by atoms with Crippen LogP contribution in [-0.4, -0.2) is 77.2 Å². The zero-order valence-electron chi connectivity index (χ0n) is 22.7. The van der Waals surface area contributed by atoms with Crippen molar-refractivity contribution in [2.75, 3.05) is 31.8 Å². The van der Waals surface area contributed by atoms with E-state index in [1.807, 2.05) is 18.2 Å². The van der Waals surface area contributed by atoms with E-state index in [1.54, 1.807) is 49.6 Å². The average Bonchev–Trinajstić information content (AvgIpc) is 3.59. The number of aliphatic hydroxyl groups excluding tert-OH is 1. The molecule has 216 valence electrons. The molecular formula is C31H33BrN2O7. The van der Waals surface area contributed by atoms with Crippen LogP contribution in [0.3, 0.4) is 0 Å². The molecule has 1 spiro atoms. The van der Waals surface area contributed by atoms with Crippen molar-refractivity contribution in [1.82, 2.24) is 4.90 Å². The minimum atomic E-state index is -1.32. The van der Waals surface area contributed by atoms with Gasteiger partial charge in [0.05, 0.1) is 37.7 Å². The van der Waals surface area contributed by atoms with Gasteiger partial charge in [-0.15, -0.1) is 6.58 Å². The molecule has 2 aromatic carbocycles. The smallest absolute Gasteiger partial charge is 0.312 e. The normalized spacial score (nSPS) is 28.6. The second-order valence-electron chi connectivity index (χ2n) is 10.4. The first kappa shape index (κ1) is 29.0. The number of hydrogen-bond donors (Lipinski definition) is 1. The predicted molar refractivity (Wildman–Crippen MR) is 156 cm³/mol. The number of aliphatic hydroxyl groups is 1. The maximum absolute atomic E-state index is 14.7. The molecular weight excluding hydrogens is 592 g/mol. The van der Waals surface area contributed by atoms with Gasteiger partial charge < -0.3 is 29.1 Å². The van der Waals surface area contributed by atoms with Crippen LogP contribution in [0, 0.1) is 11.8 Å². The van der Waals surface area contributed by atoms with E-state index in [0.29, 0.717) is 23.4 Å². The minimum Gasteiger partial charge on any atom is -0.497 e. The highest BCUT2D eigenvalue weighted by Crippen LogP contribution is 2.61. The quantitative estimate of drug-likeness (QED) is 0.232. The molecule has 3 saturated heterocycles. The summed E-state index contributed by atoms with van der Waals surface area (Å²) in [5.41, 5.74) is -0.0834. The molecule has 10 heteroatoms. The first-order valence-corrected chi connectivity index (χ1v) is 14.4. The Bertz CT molecular complexity index is 1320. The maximum atomic E-state index is 14.7. The van der Waals surface area contributed by atoms with Crippen molar-refractivity contribution in [2.24, 2.45) is 11.8 Å². The molecule has 3 aliphatic rings. The fourth-order valence-corrected chi connectivity index (χ4v) is 7.52. The van der Waals surface area contributed by atoms with Crippen LogP contribution < -0.4 is 9.64 Å². The Kier molecular flexibility index (Phi) is 8.35. The van der Waals surface area contributed by atoms with Crippen molar-refractivity contribution in [2.45, 2.75) is 35.0 Å². The first-order chi connectivity index (χ1) is 19.8. The molecule has 41 heavy (non-hydrogen) atoms. The van der Waals surface area contributed by atoms with Gasteiger partial charge in [0.2, 0.25) is 5.91 Å². The molecule has 3 aliphatic heterocycles. The number of methoxy groups -OCH3 is 1. The van der Waals surface area contributed by atoms with Crippen molar-refractivity contribution in [1.29, 1.82) is 0 Å². The van der Waals surface area contributed by atoms with Crippen LogP contribution in [0.2, 0.25) is 0 Å². The van der Waals surface area contributed by atoms with Crippen molar-refractivity contribution in [3.8, 4) is 5.75 Å². The molecule has 1 N–H and O–H groups in total. The summed E-state index contributed by atoms with van der Waals surface area (Å²) in [6, 6.07) is 14.1. The topological polar surface area (TPSA) is 106 Å². The number of carbonyl (C=O) groups is 3. The average molecular weight is 626 g/mol. The van der Waals surface area contributed by atoms with Gasteiger partial charge in [0.25, 0.3) is 5.91 Å². The maximum Gasteiger partial charge on any atom is 0.312 e. The number of likely N-dealkylation sites (tertiary alicyclic amines) is 1. The van der Waals surface area contributed by atoms with Crippen LogP contribution in [0.1, 0.15) is 18.0 Å². The molecule has 2 bridgehead atoms. The molecule has 2 amide bonds. The predicted octanol–water partition coefficient (Wildman–Crippen LogP) is 3.43. The van der Waals surface area contributed by atoms with E-state index in [2.05, 4.69) is 29.1 Å². The van der Waals surface area contributed by atoms with Crippen LogP contribution in [0.15, 0.2) is 79.9 Å². The summed E-state index contributed by atoms with van der Waals surface area (Å²) in [6.07, 6.45) is 2.73. The Labute approximate surface area is 247 Å². The minimum absolute atomic E-state index is 0.0111. The Hall–Kier alpha value is -3.47. The van der Waals surface area contributed by atoms with E-state index >= 15 is 0 Å². The second kappa shape index (κ2) is 11.8. The van der Waals surface area contributed by atoms with Gasteiger partial charge in [-0.25, -0.2) is 0 Å². The number of anilines is 1. The van der Waals surface area contributed by atoms with Gasteiger partial charge in [0.15, 0.2) is 0 Å². The third kappa shape index (κ3) is 4.77. The number of halogens is 1. The highest BCUT2D eigenvalue weighted by molar-refractivity contribution is 9.09. The number of nitrogens with zero attached hydrogens (tertiary/aromatic N) is 2. The molecule has 9 nitrogen and oxygen atoms in total. The van der Waals surface area contributed by atoms with E-state index in [4.69, 9.17) is 14.2 Å². The van der Waals surface area contributed by atoms with Gasteiger partial charge in [0, 0.05) is 17.1 Å². The fourth-order valence-electron chi connectivity index (χ4n) is 6.58. The summed E-state index contributed by atoms with van der Waals surface area (Å²) in [7, 11) is 1.56. The Morgan fingerprint density at radius 3 is 2.51 bits per heavy atom. The van der Waals surface area contributed by atoms with Crippen molar-refractivity contribution >= 4 is 39.4 Å². The van der Waals surface area contributed by atoms with Crippen molar-refractivity contribution in [3.05, 3.63) is 85.5 Å². The van der Waals surface area contributed by atoms with Gasteiger partial charge in [-0.2, -0.15) is 0 Å². The van der Waals surface area contributed by atoms with Crippen LogP contribution in [0.25, 0.3) is 0 Å². The Balaban J connectivity index is 1.64. The molecule has 3 fully saturated rings. The van der Waals surface area contributed by atoms with Crippen molar-refractivity contribution in [3.63, 3.8) is 0 Å². The standard InChI is InChI=1S/C31H33BrN2O7/c1-4-15-33(20-11-13-21(39-3)14-12-20)29(37)27-31-17-22(32)26(41-31)24(30(38)40-16-5-2)25(31)28(36)34(27)23(18-35)19-9-7-6-8-10-19/h4-14,22-27,35H,1-2,15-18H2,3H3/t22?,23-,24+,25+,26+,27?,31?/m1/s1. The zero-order valence-corrected chi connectivity index (χ0v) is 24.3. The number of esters is 1. The Morgan fingerprint density at radius 2 is 1.90 bits per heavy atom. The van der Waals surface area contributed by atoms with Crippen molar-refractivity contribution < 1.29 is 33.7 Å². The summed E-state index contributed by atoms with van der Waals surface area (Å²) in [5, 5.41) is 10.6. The summed E-state index contributed by atoms with van der Waals surface area (Å²) in [6.45, 7) is 7.17. The number of hydrogen-bond acceptors (Lipinski definition) is 7. The van der Waals surface area contributed by atoms with E-state index in [-0.39, 0.29) is 18.0 Å². The number of alkyl halides is 1. The molecule has 7 atom stereocenters. The number of benzene rings is 2. The third-order valence-corrected chi connectivity index (χ3v) is 9.08. The lowest BCUT2D eigenvalue weighted by Gasteiger charge is -2.39. The molecule has 2 aromatic rings. The lowest BCUT2D eigenvalue weighted by Crippen LogP contribution is -2.57. The lowest BCUT2D eigenvalue weighted by molar-refractivity contribution is -0.154. The molecule has 0 radical (unpaired) electrons. The largest absolute Gasteiger partial charge is 0.497 e. The molecule has 0 saturated carbocycles. The van der Waals surface area contributed by atoms with E-state index in [0.717, 1.165) is 0 Å². The lowest BCUT2D eigenvalue weighted by atomic mass is 9.70. The van der Waals surface area contributed by atoms with Gasteiger partial charge in [-0.05, 0) is 36.2 Å². The second-order valence-corrected chi connectivity index (χ2v) is 11.5. The number of ether oxygens (including phenoxy) is 3. The van der Waals surface area contributed by atoms with Gasteiger partial charge in [-0.1, -0.05) is 65.0 Å². The van der Waals surface area contributed by atoms with E-state index in [9.17, 15) is 19.5 Å². The fraction of sp³-hybridized carbons (Fsp3) is 0.387. The van der Waals surface area contributed by atoms with Crippen LogP contribution in [-0.2, 0) is 23.9 Å². The Morgan fingerprint density at radius 1 is 1.20 bits per heavy atom. The number of fused-ring (bicyclic) bond motifs is 1. The van der Waals surface area contributed by atoms with Crippen LogP contribution >= 0.6 is 15.9 Å². The van der Waals surface area contributed by atoms with Crippen LogP contribution in [0.5, 0.6) is 5.75 Å². The summed E-state index contributed by atoms with van der Waals surface area (Å²) >= 11 is 3.66. The molecule has 3 unspecified atom stereocenters. The summed E-state index contributed by atoms with van der Waals surface area (Å²) in [4.78, 5) is 45.2. The number of rotatable bonds is 11. The summed E-state index contributed by atoms with van der Waals surface area (Å²) in [5.74, 6) is -2.67. The number of amides is 2. The molecule has 0 aromatic heterocycles. The highest BCUT2D eigenvalue weighted by atomic mass is 79.9. The highest BCUT2D eigenvalue weighted by Gasteiger charge is 2.77. The van der Waals surface area contributed by atoms with E-state index < -0.39 is 60.0 Å². The molecule has 3 heterocycles. The SMILES string of the molecule is C=CCOC(=O)[C@H]1[C@H]2C(=O)N([C@H](CO)c3ccccc3)C(C(=O)N(CC=C)c3ccc(OC)cc3)C23CC(Br)[C@@H]1O3. The van der Waals surface area contributed by atoms with Gasteiger partial charge in [-0.3, -0.25) is 14.4 Å². The molecule has 5 rings (SSSR count). The van der Waals surface area contributed by atoms with E-state index in [1.165, 1.54) is 15.9 Å². The molecule has 0 aliphatic carbocycles. The third-order valence-electron chi connectivity index (χ3n) is 8.23. The monoisotopic (exact) mass is 624 g/mol. The number of carbonyl (C=O) groups excluding carboxylic acids is 3. The summed E-state index contributed by atoms with van der Waals surface area (Å²) < 4.78 is 17.3. The van der Waals surface area contributed by atoms with Gasteiger partial charge >= 0.3 is 5.97 Å². The van der Waals surface area contributed by atoms with Crippen LogP contribution in [0.4, 0.5) is 5.69 Å².